The molecule has 2 aromatic heterocycles. The summed E-state index contributed by atoms with van der Waals surface area (Å²) in [7, 11) is 1.68. The van der Waals surface area contributed by atoms with E-state index in [1.807, 2.05) is 12.1 Å². The topological polar surface area (TPSA) is 86.1 Å². The molecule has 7 nitrogen and oxygen atoms in total. The van der Waals surface area contributed by atoms with Crippen molar-refractivity contribution in [3.63, 3.8) is 0 Å². The third kappa shape index (κ3) is 2.88. The highest BCUT2D eigenvalue weighted by molar-refractivity contribution is 5.77. The molecule has 0 radical (unpaired) electrons. The van der Waals surface area contributed by atoms with Crippen LogP contribution in [0.25, 0.3) is 11.1 Å². The number of fused-ring (bicyclic) bond motifs is 1. The van der Waals surface area contributed by atoms with Gasteiger partial charge < -0.3 is 14.3 Å². The molecule has 116 valence electrons. The zero-order valence-corrected chi connectivity index (χ0v) is 12.8. The highest BCUT2D eigenvalue weighted by atomic mass is 16.5. The van der Waals surface area contributed by atoms with Crippen molar-refractivity contribution >= 4 is 16.8 Å². The third-order valence-electron chi connectivity index (χ3n) is 3.34. The Morgan fingerprint density at radius 3 is 2.95 bits per heavy atom. The van der Waals surface area contributed by atoms with Gasteiger partial charge in [0, 0.05) is 19.2 Å². The minimum atomic E-state index is -0.372. The van der Waals surface area contributed by atoms with Crippen molar-refractivity contribution in [3.05, 3.63) is 40.5 Å². The van der Waals surface area contributed by atoms with Crippen LogP contribution in [-0.4, -0.2) is 14.7 Å². The minimum Gasteiger partial charge on any atom is -0.408 e. The van der Waals surface area contributed by atoms with Crippen molar-refractivity contribution in [1.29, 1.82) is 0 Å². The lowest BCUT2D eigenvalue weighted by atomic mass is 10.1. The van der Waals surface area contributed by atoms with Gasteiger partial charge in [-0.25, -0.2) is 4.79 Å². The SMILES string of the molecule is CC(C)Cc1nc(CNc2ccc3oc(=O)n(C)c3c2)no1. The predicted molar refractivity (Wildman–Crippen MR) is 81.6 cm³/mol. The van der Waals surface area contributed by atoms with Gasteiger partial charge in [0.2, 0.25) is 5.89 Å². The molecule has 7 heteroatoms. The molecule has 0 saturated carbocycles. The fourth-order valence-electron chi connectivity index (χ4n) is 2.21. The normalized spacial score (nSPS) is 11.5. The van der Waals surface area contributed by atoms with Crippen LogP contribution in [0.1, 0.15) is 25.6 Å². The first kappa shape index (κ1) is 14.4. The molecule has 2 heterocycles. The Balaban J connectivity index is 1.72. The molecular weight excluding hydrogens is 284 g/mol. The Morgan fingerprint density at radius 2 is 2.18 bits per heavy atom. The monoisotopic (exact) mass is 302 g/mol. The molecule has 1 N–H and O–H groups in total. The fraction of sp³-hybridized carbons (Fsp3) is 0.400. The summed E-state index contributed by atoms with van der Waals surface area (Å²) in [5.74, 6) is 1.37. The zero-order chi connectivity index (χ0) is 15.7. The molecule has 0 aliphatic rings. The van der Waals surface area contributed by atoms with Gasteiger partial charge in [-0.15, -0.1) is 0 Å². The van der Waals surface area contributed by atoms with E-state index >= 15 is 0 Å². The van der Waals surface area contributed by atoms with Gasteiger partial charge in [0.25, 0.3) is 0 Å². The Bertz CT molecular complexity index is 844. The number of aryl methyl sites for hydroxylation is 1. The maximum Gasteiger partial charge on any atom is 0.419 e. The molecule has 3 rings (SSSR count). The second-order valence-corrected chi connectivity index (χ2v) is 5.67. The van der Waals surface area contributed by atoms with Crippen LogP contribution in [-0.2, 0) is 20.0 Å². The molecule has 1 aromatic carbocycles. The van der Waals surface area contributed by atoms with Gasteiger partial charge in [-0.05, 0) is 24.1 Å². The van der Waals surface area contributed by atoms with E-state index in [0.29, 0.717) is 29.8 Å². The number of anilines is 1. The van der Waals surface area contributed by atoms with E-state index in [4.69, 9.17) is 8.94 Å². The molecule has 22 heavy (non-hydrogen) atoms. The molecule has 3 aromatic rings. The van der Waals surface area contributed by atoms with Gasteiger partial charge >= 0.3 is 5.76 Å². The number of nitrogens with one attached hydrogen (secondary N) is 1. The molecule has 0 spiro atoms. The van der Waals surface area contributed by atoms with E-state index in [1.54, 1.807) is 13.1 Å². The van der Waals surface area contributed by atoms with Crippen LogP contribution in [0.15, 0.2) is 31.9 Å². The Kier molecular flexibility index (Phi) is 3.70. The molecule has 0 aliphatic heterocycles. The average Bonchev–Trinajstić information content (AvgIpc) is 3.02. The second kappa shape index (κ2) is 5.67. The van der Waals surface area contributed by atoms with Crippen LogP contribution in [0.2, 0.25) is 0 Å². The summed E-state index contributed by atoms with van der Waals surface area (Å²) in [6, 6.07) is 5.47. The fourth-order valence-corrected chi connectivity index (χ4v) is 2.21. The molecule has 0 amide bonds. The number of hydrogen-bond acceptors (Lipinski definition) is 6. The summed E-state index contributed by atoms with van der Waals surface area (Å²) in [6.45, 7) is 4.66. The maximum atomic E-state index is 11.5. The Labute approximate surface area is 126 Å². The van der Waals surface area contributed by atoms with Crippen LogP contribution < -0.4 is 11.1 Å². The maximum absolute atomic E-state index is 11.5. The van der Waals surface area contributed by atoms with Gasteiger partial charge in [0.1, 0.15) is 0 Å². The molecule has 0 atom stereocenters. The number of oxazole rings is 1. The van der Waals surface area contributed by atoms with Crippen molar-refractivity contribution in [2.45, 2.75) is 26.8 Å². The van der Waals surface area contributed by atoms with E-state index in [9.17, 15) is 4.79 Å². The standard InChI is InChI=1S/C15H18N4O3/c1-9(2)6-14-17-13(18-22-14)8-16-10-4-5-12-11(7-10)19(3)15(20)21-12/h4-5,7,9,16H,6,8H2,1-3H3. The first-order valence-electron chi connectivity index (χ1n) is 7.18. The molecule has 0 aliphatic carbocycles. The van der Waals surface area contributed by atoms with Crippen LogP contribution in [0.4, 0.5) is 5.69 Å². The lowest BCUT2D eigenvalue weighted by Crippen LogP contribution is -2.08. The number of rotatable bonds is 5. The first-order valence-corrected chi connectivity index (χ1v) is 7.18. The quantitative estimate of drug-likeness (QED) is 0.778. The predicted octanol–water partition coefficient (Wildman–Crippen LogP) is 2.33. The lowest BCUT2D eigenvalue weighted by molar-refractivity contribution is 0.359. The van der Waals surface area contributed by atoms with Crippen molar-refractivity contribution in [2.24, 2.45) is 13.0 Å². The summed E-state index contributed by atoms with van der Waals surface area (Å²) in [6.07, 6.45) is 0.774. The third-order valence-corrected chi connectivity index (χ3v) is 3.34. The average molecular weight is 302 g/mol. The second-order valence-electron chi connectivity index (χ2n) is 5.67. The van der Waals surface area contributed by atoms with Gasteiger partial charge in [0.05, 0.1) is 12.1 Å². The van der Waals surface area contributed by atoms with Crippen molar-refractivity contribution in [1.82, 2.24) is 14.7 Å². The summed E-state index contributed by atoms with van der Waals surface area (Å²) < 4.78 is 11.8. The number of aromatic nitrogens is 3. The van der Waals surface area contributed by atoms with Crippen molar-refractivity contribution in [3.8, 4) is 0 Å². The Hall–Kier alpha value is -2.57. The largest absolute Gasteiger partial charge is 0.419 e. The summed E-state index contributed by atoms with van der Waals surface area (Å²) in [4.78, 5) is 15.8. The Morgan fingerprint density at radius 1 is 1.36 bits per heavy atom. The van der Waals surface area contributed by atoms with Crippen LogP contribution in [0.3, 0.4) is 0 Å². The van der Waals surface area contributed by atoms with Crippen molar-refractivity contribution < 1.29 is 8.94 Å². The van der Waals surface area contributed by atoms with Gasteiger partial charge in [-0.2, -0.15) is 4.98 Å². The van der Waals surface area contributed by atoms with Crippen LogP contribution in [0.5, 0.6) is 0 Å². The van der Waals surface area contributed by atoms with Gasteiger partial charge in [-0.3, -0.25) is 4.57 Å². The zero-order valence-electron chi connectivity index (χ0n) is 12.8. The lowest BCUT2D eigenvalue weighted by Gasteiger charge is -2.03. The molecular formula is C15H18N4O3. The van der Waals surface area contributed by atoms with Crippen LogP contribution in [0, 0.1) is 5.92 Å². The van der Waals surface area contributed by atoms with E-state index in [-0.39, 0.29) is 5.76 Å². The number of nitrogens with zero attached hydrogens (tertiary/aromatic N) is 3. The molecule has 0 saturated heterocycles. The molecule has 0 unspecified atom stereocenters. The number of hydrogen-bond donors (Lipinski definition) is 1. The van der Waals surface area contributed by atoms with Gasteiger partial charge in [-0.1, -0.05) is 19.0 Å². The van der Waals surface area contributed by atoms with E-state index < -0.39 is 0 Å². The van der Waals surface area contributed by atoms with Gasteiger partial charge in [0.15, 0.2) is 11.4 Å². The molecule has 0 bridgehead atoms. The minimum absolute atomic E-state index is 0.372. The summed E-state index contributed by atoms with van der Waals surface area (Å²) in [5, 5.41) is 7.16. The highest BCUT2D eigenvalue weighted by Crippen LogP contribution is 2.18. The van der Waals surface area contributed by atoms with Crippen LogP contribution >= 0.6 is 0 Å². The van der Waals surface area contributed by atoms with E-state index in [1.165, 1.54) is 4.57 Å². The molecule has 0 fully saturated rings. The smallest absolute Gasteiger partial charge is 0.408 e. The number of benzene rings is 1. The van der Waals surface area contributed by atoms with Crippen molar-refractivity contribution in [2.75, 3.05) is 5.32 Å². The van der Waals surface area contributed by atoms with E-state index in [0.717, 1.165) is 17.6 Å². The highest BCUT2D eigenvalue weighted by Gasteiger charge is 2.09. The van der Waals surface area contributed by atoms with E-state index in [2.05, 4.69) is 29.3 Å². The first-order chi connectivity index (χ1) is 10.5. The summed E-state index contributed by atoms with van der Waals surface area (Å²) in [5.41, 5.74) is 2.17. The summed E-state index contributed by atoms with van der Waals surface area (Å²) >= 11 is 0.